The highest BCUT2D eigenvalue weighted by atomic mass is 16.5. The SMILES string of the molecule is C=C(C)c1ccc(OC)c(O)c1. The van der Waals surface area contributed by atoms with Crippen LogP contribution in [0.4, 0.5) is 0 Å². The number of phenolic OH excluding ortho intramolecular Hbond substituents is 1. The Morgan fingerprint density at radius 3 is 2.58 bits per heavy atom. The summed E-state index contributed by atoms with van der Waals surface area (Å²) in [6, 6.07) is 5.22. The van der Waals surface area contributed by atoms with E-state index in [1.807, 2.05) is 13.0 Å². The van der Waals surface area contributed by atoms with E-state index in [1.165, 1.54) is 7.11 Å². The maximum Gasteiger partial charge on any atom is 0.160 e. The van der Waals surface area contributed by atoms with Crippen LogP contribution in [0.25, 0.3) is 5.57 Å². The van der Waals surface area contributed by atoms with Gasteiger partial charge in [0.15, 0.2) is 11.5 Å². The van der Waals surface area contributed by atoms with Gasteiger partial charge >= 0.3 is 0 Å². The summed E-state index contributed by atoms with van der Waals surface area (Å²) in [4.78, 5) is 0. The van der Waals surface area contributed by atoms with Crippen molar-refractivity contribution in [3.05, 3.63) is 30.3 Å². The summed E-state index contributed by atoms with van der Waals surface area (Å²) >= 11 is 0. The van der Waals surface area contributed by atoms with Crippen LogP contribution in [0.5, 0.6) is 11.5 Å². The number of hydrogen-bond acceptors (Lipinski definition) is 2. The number of aromatic hydroxyl groups is 1. The molecule has 0 aliphatic carbocycles. The van der Waals surface area contributed by atoms with E-state index in [-0.39, 0.29) is 5.75 Å². The molecule has 1 rings (SSSR count). The Bertz CT molecular complexity index is 303. The van der Waals surface area contributed by atoms with Gasteiger partial charge in [-0.25, -0.2) is 0 Å². The molecule has 0 bridgehead atoms. The maximum atomic E-state index is 9.37. The fourth-order valence-corrected chi connectivity index (χ4v) is 0.955. The summed E-state index contributed by atoms with van der Waals surface area (Å²) in [5.41, 5.74) is 1.85. The van der Waals surface area contributed by atoms with Crippen LogP contribution < -0.4 is 4.74 Å². The molecule has 2 nitrogen and oxygen atoms in total. The van der Waals surface area contributed by atoms with Crippen molar-refractivity contribution in [3.8, 4) is 11.5 Å². The summed E-state index contributed by atoms with van der Waals surface area (Å²) in [6.07, 6.45) is 0. The monoisotopic (exact) mass is 164 g/mol. The van der Waals surface area contributed by atoms with Crippen LogP contribution in [0, 0.1) is 0 Å². The van der Waals surface area contributed by atoms with Crippen molar-refractivity contribution < 1.29 is 9.84 Å². The molecule has 0 aliphatic rings. The van der Waals surface area contributed by atoms with Crippen LogP contribution in [0.15, 0.2) is 24.8 Å². The predicted octanol–water partition coefficient (Wildman–Crippen LogP) is 2.43. The lowest BCUT2D eigenvalue weighted by Crippen LogP contribution is -1.84. The third kappa shape index (κ3) is 1.59. The van der Waals surface area contributed by atoms with Gasteiger partial charge in [-0.15, -0.1) is 0 Å². The van der Waals surface area contributed by atoms with Crippen LogP contribution in [-0.2, 0) is 0 Å². The first kappa shape index (κ1) is 8.65. The van der Waals surface area contributed by atoms with Gasteiger partial charge in [0.1, 0.15) is 0 Å². The van der Waals surface area contributed by atoms with E-state index in [0.717, 1.165) is 11.1 Å². The molecule has 64 valence electrons. The van der Waals surface area contributed by atoms with Gasteiger partial charge in [-0.05, 0) is 24.6 Å². The molecule has 0 spiro atoms. The Kier molecular flexibility index (Phi) is 2.38. The lowest BCUT2D eigenvalue weighted by molar-refractivity contribution is 0.373. The molecule has 0 unspecified atom stereocenters. The first-order valence-corrected chi connectivity index (χ1v) is 3.68. The number of allylic oxidation sites excluding steroid dienone is 1. The van der Waals surface area contributed by atoms with E-state index in [2.05, 4.69) is 6.58 Å². The molecule has 0 fully saturated rings. The minimum atomic E-state index is 0.151. The zero-order chi connectivity index (χ0) is 9.14. The van der Waals surface area contributed by atoms with E-state index < -0.39 is 0 Å². The van der Waals surface area contributed by atoms with Crippen LogP contribution in [0.3, 0.4) is 0 Å². The largest absolute Gasteiger partial charge is 0.504 e. The first-order chi connectivity index (χ1) is 5.65. The van der Waals surface area contributed by atoms with Gasteiger partial charge in [0, 0.05) is 0 Å². The van der Waals surface area contributed by atoms with Gasteiger partial charge < -0.3 is 9.84 Å². The summed E-state index contributed by atoms with van der Waals surface area (Å²) in [7, 11) is 1.52. The first-order valence-electron chi connectivity index (χ1n) is 3.68. The van der Waals surface area contributed by atoms with Gasteiger partial charge in [0.25, 0.3) is 0 Å². The Morgan fingerprint density at radius 1 is 1.50 bits per heavy atom. The second kappa shape index (κ2) is 3.30. The molecular weight excluding hydrogens is 152 g/mol. The third-order valence-corrected chi connectivity index (χ3v) is 1.67. The van der Waals surface area contributed by atoms with Crippen molar-refractivity contribution >= 4 is 5.57 Å². The van der Waals surface area contributed by atoms with Crippen molar-refractivity contribution in [1.29, 1.82) is 0 Å². The van der Waals surface area contributed by atoms with E-state index in [4.69, 9.17) is 4.74 Å². The maximum absolute atomic E-state index is 9.37. The van der Waals surface area contributed by atoms with E-state index >= 15 is 0 Å². The molecular formula is C10H12O2. The smallest absolute Gasteiger partial charge is 0.160 e. The molecule has 0 atom stereocenters. The summed E-state index contributed by atoms with van der Waals surface area (Å²) < 4.78 is 4.90. The fourth-order valence-electron chi connectivity index (χ4n) is 0.955. The van der Waals surface area contributed by atoms with Crippen molar-refractivity contribution in [2.75, 3.05) is 7.11 Å². The number of phenols is 1. The van der Waals surface area contributed by atoms with Gasteiger partial charge in [-0.2, -0.15) is 0 Å². The van der Waals surface area contributed by atoms with Gasteiger partial charge in [0.05, 0.1) is 7.11 Å². The number of methoxy groups -OCH3 is 1. The Balaban J connectivity index is 3.10. The molecule has 1 aromatic carbocycles. The van der Waals surface area contributed by atoms with Crippen molar-refractivity contribution in [2.24, 2.45) is 0 Å². The van der Waals surface area contributed by atoms with Gasteiger partial charge in [-0.1, -0.05) is 18.2 Å². The molecule has 1 N–H and O–H groups in total. The summed E-state index contributed by atoms with van der Waals surface area (Å²) in [5.74, 6) is 0.637. The molecule has 1 aromatic rings. The van der Waals surface area contributed by atoms with Crippen LogP contribution >= 0.6 is 0 Å². The second-order valence-corrected chi connectivity index (χ2v) is 2.67. The third-order valence-electron chi connectivity index (χ3n) is 1.67. The lowest BCUT2D eigenvalue weighted by atomic mass is 10.1. The molecule has 12 heavy (non-hydrogen) atoms. The zero-order valence-electron chi connectivity index (χ0n) is 7.29. The molecule has 0 aliphatic heterocycles. The molecule has 0 aromatic heterocycles. The molecule has 0 heterocycles. The minimum Gasteiger partial charge on any atom is -0.504 e. The zero-order valence-corrected chi connectivity index (χ0v) is 7.29. The highest BCUT2D eigenvalue weighted by molar-refractivity contribution is 5.64. The van der Waals surface area contributed by atoms with Gasteiger partial charge in [0.2, 0.25) is 0 Å². The summed E-state index contributed by atoms with van der Waals surface area (Å²) in [6.45, 7) is 5.66. The number of rotatable bonds is 2. The average molecular weight is 164 g/mol. The van der Waals surface area contributed by atoms with E-state index in [1.54, 1.807) is 12.1 Å². The molecule has 0 saturated carbocycles. The minimum absolute atomic E-state index is 0.151. The Labute approximate surface area is 72.1 Å². The van der Waals surface area contributed by atoms with Crippen molar-refractivity contribution in [2.45, 2.75) is 6.92 Å². The van der Waals surface area contributed by atoms with Crippen LogP contribution in [0.2, 0.25) is 0 Å². The number of ether oxygens (including phenoxy) is 1. The van der Waals surface area contributed by atoms with Gasteiger partial charge in [-0.3, -0.25) is 0 Å². The average Bonchev–Trinajstić information content (AvgIpc) is 2.04. The quantitative estimate of drug-likeness (QED) is 0.727. The molecule has 2 heteroatoms. The topological polar surface area (TPSA) is 29.5 Å². The highest BCUT2D eigenvalue weighted by Gasteiger charge is 2.01. The standard InChI is InChI=1S/C10H12O2/c1-7(2)8-4-5-10(12-3)9(11)6-8/h4-6,11H,1H2,2-3H3. The van der Waals surface area contributed by atoms with Crippen LogP contribution in [-0.4, -0.2) is 12.2 Å². The molecule has 0 amide bonds. The lowest BCUT2D eigenvalue weighted by Gasteiger charge is -2.05. The van der Waals surface area contributed by atoms with Crippen molar-refractivity contribution in [1.82, 2.24) is 0 Å². The molecule has 0 saturated heterocycles. The Morgan fingerprint density at radius 2 is 2.17 bits per heavy atom. The number of hydrogen-bond donors (Lipinski definition) is 1. The van der Waals surface area contributed by atoms with Crippen LogP contribution in [0.1, 0.15) is 12.5 Å². The second-order valence-electron chi connectivity index (χ2n) is 2.67. The van der Waals surface area contributed by atoms with E-state index in [9.17, 15) is 5.11 Å². The summed E-state index contributed by atoms with van der Waals surface area (Å²) in [5, 5.41) is 9.37. The molecule has 0 radical (unpaired) electrons. The highest BCUT2D eigenvalue weighted by Crippen LogP contribution is 2.28. The van der Waals surface area contributed by atoms with E-state index in [0.29, 0.717) is 5.75 Å². The normalized spacial score (nSPS) is 9.50. The number of benzene rings is 1. The predicted molar refractivity (Wildman–Crippen MR) is 49.4 cm³/mol. The van der Waals surface area contributed by atoms with Crippen molar-refractivity contribution in [3.63, 3.8) is 0 Å². The Hall–Kier alpha value is -1.44. The fraction of sp³-hybridized carbons (Fsp3) is 0.200.